The first-order valence-electron chi connectivity index (χ1n) is 7.27. The van der Waals surface area contributed by atoms with Crippen LogP contribution in [0.3, 0.4) is 0 Å². The molecular formula is C16H20N2O2. The number of carbonyl (C=O) groups excluding carboxylic acids is 1. The fraction of sp³-hybridized carbons (Fsp3) is 0.500. The Balaban J connectivity index is 1.61. The van der Waals surface area contributed by atoms with Crippen molar-refractivity contribution in [2.45, 2.75) is 32.6 Å². The minimum absolute atomic E-state index is 0.156. The molecular weight excluding hydrogens is 252 g/mol. The van der Waals surface area contributed by atoms with Gasteiger partial charge in [0.05, 0.1) is 0 Å². The molecule has 1 aromatic carbocycles. The van der Waals surface area contributed by atoms with Gasteiger partial charge < -0.3 is 5.11 Å². The molecule has 2 N–H and O–H groups in total. The molecule has 2 aliphatic carbocycles. The maximum atomic E-state index is 11.9. The molecule has 2 saturated carbocycles. The Hall–Kier alpha value is -1.84. The van der Waals surface area contributed by atoms with Crippen LogP contribution in [0, 0.1) is 17.8 Å². The number of fused-ring (bicyclic) bond motifs is 2. The molecule has 20 heavy (non-hydrogen) atoms. The van der Waals surface area contributed by atoms with Gasteiger partial charge in [-0.05, 0) is 62.3 Å². The summed E-state index contributed by atoms with van der Waals surface area (Å²) in [5, 5.41) is 13.5. The van der Waals surface area contributed by atoms with Gasteiger partial charge in [0.1, 0.15) is 5.75 Å². The summed E-state index contributed by atoms with van der Waals surface area (Å²) in [4.78, 5) is 11.9. The first-order valence-corrected chi connectivity index (χ1v) is 7.27. The van der Waals surface area contributed by atoms with Crippen LogP contribution in [0.4, 0.5) is 0 Å². The van der Waals surface area contributed by atoms with Gasteiger partial charge in [0.15, 0.2) is 0 Å². The van der Waals surface area contributed by atoms with Crippen molar-refractivity contribution in [3.8, 4) is 5.75 Å². The highest BCUT2D eigenvalue weighted by Crippen LogP contribution is 2.48. The largest absolute Gasteiger partial charge is 0.508 e. The number of hydrazone groups is 1. The number of phenols is 1. The highest BCUT2D eigenvalue weighted by atomic mass is 16.3. The van der Waals surface area contributed by atoms with E-state index < -0.39 is 0 Å². The van der Waals surface area contributed by atoms with E-state index in [2.05, 4.69) is 10.5 Å². The second-order valence-electron chi connectivity index (χ2n) is 6.02. The normalized spacial score (nSPS) is 28.6. The summed E-state index contributed by atoms with van der Waals surface area (Å²) in [6, 6.07) is 6.18. The van der Waals surface area contributed by atoms with Gasteiger partial charge in [0, 0.05) is 17.2 Å². The molecule has 0 aliphatic heterocycles. The van der Waals surface area contributed by atoms with Crippen molar-refractivity contribution >= 4 is 11.6 Å². The molecule has 4 heteroatoms. The van der Waals surface area contributed by atoms with Gasteiger partial charge in [-0.2, -0.15) is 5.10 Å². The zero-order chi connectivity index (χ0) is 14.1. The SMILES string of the molecule is CC(=NNC(=O)c1ccc(O)cc1)[C@@H]1C[C@H]2CC[C@H]1C2. The van der Waals surface area contributed by atoms with E-state index in [4.69, 9.17) is 0 Å². The summed E-state index contributed by atoms with van der Waals surface area (Å²) in [6.45, 7) is 2.02. The second-order valence-corrected chi connectivity index (χ2v) is 6.02. The summed E-state index contributed by atoms with van der Waals surface area (Å²) in [5.41, 5.74) is 4.17. The van der Waals surface area contributed by atoms with Crippen LogP contribution in [0.1, 0.15) is 43.0 Å². The lowest BCUT2D eigenvalue weighted by atomic mass is 9.86. The zero-order valence-corrected chi connectivity index (χ0v) is 11.7. The highest BCUT2D eigenvalue weighted by Gasteiger charge is 2.40. The molecule has 0 radical (unpaired) electrons. The first kappa shape index (κ1) is 13.2. The number of rotatable bonds is 3. The van der Waals surface area contributed by atoms with Crippen LogP contribution >= 0.6 is 0 Å². The molecule has 0 heterocycles. The standard InChI is InChI=1S/C16H20N2O2/c1-10(15-9-11-2-3-13(15)8-11)17-18-16(20)12-4-6-14(19)7-5-12/h4-7,11,13,15,19H,2-3,8-9H2,1H3,(H,18,20)/t11-,13-,15-/m0/s1. The number of amides is 1. The fourth-order valence-electron chi connectivity index (χ4n) is 3.66. The number of carbonyl (C=O) groups is 1. The number of nitrogens with one attached hydrogen (secondary N) is 1. The molecule has 1 aromatic rings. The Bertz CT molecular complexity index is 536. The molecule has 1 amide bonds. The van der Waals surface area contributed by atoms with E-state index in [9.17, 15) is 9.90 Å². The molecule has 3 rings (SSSR count). The number of hydrogen-bond acceptors (Lipinski definition) is 3. The lowest BCUT2D eigenvalue weighted by molar-refractivity contribution is 0.0954. The number of aromatic hydroxyl groups is 1. The van der Waals surface area contributed by atoms with Crippen molar-refractivity contribution in [2.75, 3.05) is 0 Å². The lowest BCUT2D eigenvalue weighted by Crippen LogP contribution is -2.24. The Morgan fingerprint density at radius 1 is 1.25 bits per heavy atom. The quantitative estimate of drug-likeness (QED) is 0.656. The summed E-state index contributed by atoms with van der Waals surface area (Å²) < 4.78 is 0. The number of nitrogens with zero attached hydrogens (tertiary/aromatic N) is 1. The van der Waals surface area contributed by atoms with Crippen LogP contribution in [0.25, 0.3) is 0 Å². The van der Waals surface area contributed by atoms with Crippen molar-refractivity contribution in [1.29, 1.82) is 0 Å². The van der Waals surface area contributed by atoms with Crippen molar-refractivity contribution in [3.63, 3.8) is 0 Å². The summed E-state index contributed by atoms with van der Waals surface area (Å²) in [5.74, 6) is 2.13. The smallest absolute Gasteiger partial charge is 0.271 e. The maximum absolute atomic E-state index is 11.9. The van der Waals surface area contributed by atoms with Gasteiger partial charge >= 0.3 is 0 Å². The van der Waals surface area contributed by atoms with Crippen LogP contribution in [0.5, 0.6) is 5.75 Å². The van der Waals surface area contributed by atoms with Crippen LogP contribution in [0.15, 0.2) is 29.4 Å². The van der Waals surface area contributed by atoms with Crippen molar-refractivity contribution in [1.82, 2.24) is 5.43 Å². The van der Waals surface area contributed by atoms with Crippen molar-refractivity contribution in [2.24, 2.45) is 22.9 Å². The Kier molecular flexibility index (Phi) is 3.47. The first-order chi connectivity index (χ1) is 9.63. The monoisotopic (exact) mass is 272 g/mol. The van der Waals surface area contributed by atoms with Crippen LogP contribution < -0.4 is 5.43 Å². The topological polar surface area (TPSA) is 61.7 Å². The van der Waals surface area contributed by atoms with Gasteiger partial charge in [0.25, 0.3) is 5.91 Å². The minimum Gasteiger partial charge on any atom is -0.508 e. The third kappa shape index (κ3) is 2.55. The molecule has 2 bridgehead atoms. The number of phenolic OH excluding ortho intramolecular Hbond substituents is 1. The van der Waals surface area contributed by atoms with E-state index in [0.29, 0.717) is 11.5 Å². The second kappa shape index (κ2) is 5.27. The summed E-state index contributed by atoms with van der Waals surface area (Å²) in [6.07, 6.45) is 5.25. The van der Waals surface area contributed by atoms with Crippen molar-refractivity contribution in [3.05, 3.63) is 29.8 Å². The molecule has 4 nitrogen and oxygen atoms in total. The Morgan fingerprint density at radius 2 is 2.00 bits per heavy atom. The molecule has 0 saturated heterocycles. The molecule has 106 valence electrons. The number of hydrogen-bond donors (Lipinski definition) is 2. The number of benzene rings is 1. The van der Waals surface area contributed by atoms with E-state index in [1.165, 1.54) is 37.8 Å². The molecule has 3 atom stereocenters. The van der Waals surface area contributed by atoms with Gasteiger partial charge in [-0.3, -0.25) is 4.79 Å². The predicted molar refractivity (Wildman–Crippen MR) is 77.6 cm³/mol. The van der Waals surface area contributed by atoms with E-state index >= 15 is 0 Å². The van der Waals surface area contributed by atoms with Crippen LogP contribution in [-0.4, -0.2) is 16.7 Å². The lowest BCUT2D eigenvalue weighted by Gasteiger charge is -2.21. The van der Waals surface area contributed by atoms with Crippen molar-refractivity contribution < 1.29 is 9.90 Å². The third-order valence-electron chi connectivity index (χ3n) is 4.74. The van der Waals surface area contributed by atoms with Gasteiger partial charge in [-0.15, -0.1) is 0 Å². The van der Waals surface area contributed by atoms with Crippen LogP contribution in [-0.2, 0) is 0 Å². The predicted octanol–water partition coefficient (Wildman–Crippen LogP) is 2.93. The van der Waals surface area contributed by atoms with E-state index in [-0.39, 0.29) is 11.7 Å². The Labute approximate surface area is 118 Å². The molecule has 2 fully saturated rings. The van der Waals surface area contributed by atoms with Gasteiger partial charge in [-0.25, -0.2) is 5.43 Å². The average Bonchev–Trinajstić information content (AvgIpc) is 3.08. The van der Waals surface area contributed by atoms with E-state index in [1.807, 2.05) is 6.92 Å². The molecule has 0 aromatic heterocycles. The van der Waals surface area contributed by atoms with E-state index in [1.54, 1.807) is 12.1 Å². The zero-order valence-electron chi connectivity index (χ0n) is 11.7. The molecule has 2 aliphatic rings. The van der Waals surface area contributed by atoms with Gasteiger partial charge in [-0.1, -0.05) is 6.42 Å². The fourth-order valence-corrected chi connectivity index (χ4v) is 3.66. The van der Waals surface area contributed by atoms with E-state index in [0.717, 1.165) is 17.5 Å². The van der Waals surface area contributed by atoms with Crippen LogP contribution in [0.2, 0.25) is 0 Å². The Morgan fingerprint density at radius 3 is 2.60 bits per heavy atom. The van der Waals surface area contributed by atoms with Gasteiger partial charge in [0.2, 0.25) is 0 Å². The maximum Gasteiger partial charge on any atom is 0.271 e. The highest BCUT2D eigenvalue weighted by molar-refractivity contribution is 5.95. The summed E-state index contributed by atoms with van der Waals surface area (Å²) in [7, 11) is 0. The molecule has 0 unspecified atom stereocenters. The summed E-state index contributed by atoms with van der Waals surface area (Å²) >= 11 is 0. The third-order valence-corrected chi connectivity index (χ3v) is 4.74. The molecule has 0 spiro atoms. The minimum atomic E-state index is -0.229. The average molecular weight is 272 g/mol.